The molecule has 1 heterocycles. The van der Waals surface area contributed by atoms with Crippen LogP contribution in [0.25, 0.3) is 11.1 Å². The summed E-state index contributed by atoms with van der Waals surface area (Å²) < 4.78 is 0. The smallest absolute Gasteiger partial charge is 0.258 e. The molecule has 0 bridgehead atoms. The van der Waals surface area contributed by atoms with E-state index in [1.54, 1.807) is 24.3 Å². The van der Waals surface area contributed by atoms with Gasteiger partial charge in [0.05, 0.1) is 11.4 Å². The second-order valence-electron chi connectivity index (χ2n) is 10.2. The van der Waals surface area contributed by atoms with Gasteiger partial charge >= 0.3 is 0 Å². The van der Waals surface area contributed by atoms with Crippen molar-refractivity contribution in [1.82, 2.24) is 4.90 Å². The minimum atomic E-state index is -0.187. The van der Waals surface area contributed by atoms with Crippen LogP contribution < -0.4 is 15.1 Å². The lowest BCUT2D eigenvalue weighted by molar-refractivity contribution is 0.0985. The molecule has 198 valence electrons. The van der Waals surface area contributed by atoms with Crippen LogP contribution in [0.1, 0.15) is 26.3 Å². The maximum atomic E-state index is 13.5. The number of aryl methyl sites for hydroxylation is 1. The molecule has 39 heavy (non-hydrogen) atoms. The molecule has 0 unspecified atom stereocenters. The average Bonchev–Trinajstić information content (AvgIpc) is 2.96. The molecule has 0 saturated carbocycles. The number of hydrogen-bond acceptors (Lipinski definition) is 4. The fourth-order valence-electron chi connectivity index (χ4n) is 4.90. The summed E-state index contributed by atoms with van der Waals surface area (Å²) in [5.74, 6) is -0.231. The minimum absolute atomic E-state index is 0.0442. The molecule has 2 amide bonds. The van der Waals surface area contributed by atoms with E-state index in [-0.39, 0.29) is 11.8 Å². The first-order valence-corrected chi connectivity index (χ1v) is 13.3. The molecule has 0 aliphatic carbocycles. The highest BCUT2D eigenvalue weighted by Crippen LogP contribution is 2.34. The first-order valence-electron chi connectivity index (χ1n) is 13.3. The second kappa shape index (κ2) is 11.5. The molecule has 4 aromatic rings. The van der Waals surface area contributed by atoms with Crippen LogP contribution in [0, 0.1) is 6.92 Å². The van der Waals surface area contributed by atoms with Crippen LogP contribution in [0.4, 0.5) is 17.1 Å². The summed E-state index contributed by atoms with van der Waals surface area (Å²) in [4.78, 5) is 33.1. The van der Waals surface area contributed by atoms with Crippen LogP contribution in [0.15, 0.2) is 97.1 Å². The molecule has 0 fully saturated rings. The number of nitrogens with one attached hydrogen (secondary N) is 1. The van der Waals surface area contributed by atoms with Crippen molar-refractivity contribution in [3.63, 3.8) is 0 Å². The van der Waals surface area contributed by atoms with Gasteiger partial charge in [0.25, 0.3) is 11.8 Å². The number of carbonyl (C=O) groups is 2. The van der Waals surface area contributed by atoms with Crippen molar-refractivity contribution in [3.8, 4) is 11.1 Å². The number of carbonyl (C=O) groups excluding carboxylic acids is 2. The van der Waals surface area contributed by atoms with E-state index in [0.29, 0.717) is 23.4 Å². The molecule has 0 spiro atoms. The Morgan fingerprint density at radius 1 is 0.795 bits per heavy atom. The van der Waals surface area contributed by atoms with Gasteiger partial charge in [-0.25, -0.2) is 0 Å². The summed E-state index contributed by atoms with van der Waals surface area (Å²) in [7, 11) is 4.14. The first kappa shape index (κ1) is 26.2. The molecular formula is C33H34N4O2. The van der Waals surface area contributed by atoms with Crippen molar-refractivity contribution < 1.29 is 9.59 Å². The maximum absolute atomic E-state index is 13.5. The van der Waals surface area contributed by atoms with Gasteiger partial charge in [-0.05, 0) is 74.6 Å². The van der Waals surface area contributed by atoms with Crippen LogP contribution in [0.2, 0.25) is 0 Å². The molecule has 4 aromatic carbocycles. The zero-order valence-electron chi connectivity index (χ0n) is 22.7. The number of para-hydroxylation sites is 2. The van der Waals surface area contributed by atoms with Crippen molar-refractivity contribution in [2.45, 2.75) is 6.92 Å². The Morgan fingerprint density at radius 3 is 2.18 bits per heavy atom. The van der Waals surface area contributed by atoms with Crippen LogP contribution in [-0.2, 0) is 0 Å². The summed E-state index contributed by atoms with van der Waals surface area (Å²) in [6.45, 7) is 5.31. The van der Waals surface area contributed by atoms with Crippen LogP contribution in [-0.4, -0.2) is 57.0 Å². The van der Waals surface area contributed by atoms with Crippen molar-refractivity contribution in [2.75, 3.05) is 55.4 Å². The summed E-state index contributed by atoms with van der Waals surface area (Å²) in [5.41, 5.74) is 6.89. The molecule has 0 radical (unpaired) electrons. The molecule has 1 N–H and O–H groups in total. The summed E-state index contributed by atoms with van der Waals surface area (Å²) >= 11 is 0. The van der Waals surface area contributed by atoms with E-state index in [0.717, 1.165) is 42.1 Å². The lowest BCUT2D eigenvalue weighted by atomic mass is 9.98. The Morgan fingerprint density at radius 2 is 1.46 bits per heavy atom. The summed E-state index contributed by atoms with van der Waals surface area (Å²) in [6, 6.07) is 31.0. The Labute approximate surface area is 230 Å². The highest BCUT2D eigenvalue weighted by atomic mass is 16.2. The molecule has 1 aliphatic heterocycles. The number of fused-ring (bicyclic) bond motifs is 1. The standard InChI is InChI=1S/C33H34N4O2/c1-24-12-14-25(15-13-24)28-8-4-5-9-29(28)32(38)34-27-18-16-26(17-19-27)33(39)37-23-22-36(21-20-35(2)3)30-10-6-7-11-31(30)37/h4-19H,20-23H2,1-3H3,(H,34,38). The zero-order chi connectivity index (χ0) is 27.4. The third-order valence-corrected chi connectivity index (χ3v) is 7.09. The molecule has 0 saturated heterocycles. The van der Waals surface area contributed by atoms with Gasteiger partial charge in [-0.2, -0.15) is 0 Å². The van der Waals surface area contributed by atoms with E-state index in [2.05, 4.69) is 35.3 Å². The zero-order valence-corrected chi connectivity index (χ0v) is 22.7. The van der Waals surface area contributed by atoms with Gasteiger partial charge in [0.15, 0.2) is 0 Å². The number of likely N-dealkylation sites (N-methyl/N-ethyl adjacent to an activating group) is 1. The van der Waals surface area contributed by atoms with E-state index in [1.165, 1.54) is 5.56 Å². The monoisotopic (exact) mass is 518 g/mol. The molecule has 6 nitrogen and oxygen atoms in total. The third-order valence-electron chi connectivity index (χ3n) is 7.09. The highest BCUT2D eigenvalue weighted by molar-refractivity contribution is 6.10. The van der Waals surface area contributed by atoms with E-state index < -0.39 is 0 Å². The van der Waals surface area contributed by atoms with Crippen LogP contribution in [0.3, 0.4) is 0 Å². The predicted molar refractivity (Wildman–Crippen MR) is 160 cm³/mol. The maximum Gasteiger partial charge on any atom is 0.258 e. The van der Waals surface area contributed by atoms with Gasteiger partial charge < -0.3 is 20.0 Å². The van der Waals surface area contributed by atoms with Crippen molar-refractivity contribution in [2.24, 2.45) is 0 Å². The van der Waals surface area contributed by atoms with Gasteiger partial charge in [0, 0.05) is 43.0 Å². The quantitative estimate of drug-likeness (QED) is 0.329. The van der Waals surface area contributed by atoms with Crippen molar-refractivity contribution in [1.29, 1.82) is 0 Å². The van der Waals surface area contributed by atoms with Gasteiger partial charge in [-0.15, -0.1) is 0 Å². The summed E-state index contributed by atoms with van der Waals surface area (Å²) in [5, 5.41) is 3.00. The second-order valence-corrected chi connectivity index (χ2v) is 10.2. The number of benzene rings is 4. The van der Waals surface area contributed by atoms with Gasteiger partial charge in [0.2, 0.25) is 0 Å². The van der Waals surface area contributed by atoms with E-state index in [4.69, 9.17) is 0 Å². The molecule has 6 heteroatoms. The van der Waals surface area contributed by atoms with Gasteiger partial charge in [0.1, 0.15) is 0 Å². The first-order chi connectivity index (χ1) is 18.9. The lowest BCUT2D eigenvalue weighted by Crippen LogP contribution is -2.45. The van der Waals surface area contributed by atoms with E-state index >= 15 is 0 Å². The average molecular weight is 519 g/mol. The van der Waals surface area contributed by atoms with E-state index in [1.807, 2.05) is 78.6 Å². The predicted octanol–water partition coefficient (Wildman–Crippen LogP) is 5.94. The topological polar surface area (TPSA) is 55.9 Å². The van der Waals surface area contributed by atoms with Crippen LogP contribution in [0.5, 0.6) is 0 Å². The molecule has 0 aromatic heterocycles. The fourth-order valence-corrected chi connectivity index (χ4v) is 4.90. The largest absolute Gasteiger partial charge is 0.367 e. The van der Waals surface area contributed by atoms with Crippen molar-refractivity contribution >= 4 is 28.9 Å². The SMILES string of the molecule is Cc1ccc(-c2ccccc2C(=O)Nc2ccc(C(=O)N3CCN(CCN(C)C)c4ccccc43)cc2)cc1. The Hall–Kier alpha value is -4.42. The summed E-state index contributed by atoms with van der Waals surface area (Å²) in [6.07, 6.45) is 0. The van der Waals surface area contributed by atoms with Crippen LogP contribution >= 0.6 is 0 Å². The number of anilines is 3. The Balaban J connectivity index is 1.30. The lowest BCUT2D eigenvalue weighted by Gasteiger charge is -2.38. The molecular weight excluding hydrogens is 484 g/mol. The molecule has 0 atom stereocenters. The van der Waals surface area contributed by atoms with E-state index in [9.17, 15) is 9.59 Å². The molecule has 1 aliphatic rings. The van der Waals surface area contributed by atoms with Crippen molar-refractivity contribution in [3.05, 3.63) is 114 Å². The Bertz CT molecular complexity index is 1460. The number of amides is 2. The fraction of sp³-hybridized carbons (Fsp3) is 0.212. The Kier molecular flexibility index (Phi) is 7.75. The van der Waals surface area contributed by atoms with Gasteiger partial charge in [-0.3, -0.25) is 9.59 Å². The highest BCUT2D eigenvalue weighted by Gasteiger charge is 2.27. The van der Waals surface area contributed by atoms with Gasteiger partial charge in [-0.1, -0.05) is 60.2 Å². The normalized spacial score (nSPS) is 12.8. The number of nitrogens with zero attached hydrogens (tertiary/aromatic N) is 3. The minimum Gasteiger partial charge on any atom is -0.367 e. The number of hydrogen-bond donors (Lipinski definition) is 1. The number of rotatable bonds is 7. The third kappa shape index (κ3) is 5.86. The molecule has 5 rings (SSSR count).